The van der Waals surface area contributed by atoms with Gasteiger partial charge in [-0.1, -0.05) is 0 Å². The predicted molar refractivity (Wildman–Crippen MR) is 89.9 cm³/mol. The number of carbonyl (C=O) groups is 1. The lowest BCUT2D eigenvalue weighted by molar-refractivity contribution is 0.0956. The molecule has 0 spiro atoms. The largest absolute Gasteiger partial charge is 0.492 e. The molecule has 2 heterocycles. The van der Waals surface area contributed by atoms with Crippen LogP contribution in [-0.2, 0) is 0 Å². The van der Waals surface area contributed by atoms with E-state index in [1.165, 1.54) is 17.1 Å². The van der Waals surface area contributed by atoms with Gasteiger partial charge in [0, 0.05) is 24.9 Å². The van der Waals surface area contributed by atoms with Crippen molar-refractivity contribution in [2.75, 3.05) is 42.3 Å². The van der Waals surface area contributed by atoms with Gasteiger partial charge in [-0.3, -0.25) is 4.79 Å². The summed E-state index contributed by atoms with van der Waals surface area (Å²) in [4.78, 5) is 15.2. The molecule has 0 bridgehead atoms. The Morgan fingerprint density at radius 3 is 2.90 bits per heavy atom. The highest BCUT2D eigenvalue weighted by molar-refractivity contribution is 7.99. The molecule has 0 atom stereocenters. The van der Waals surface area contributed by atoms with Gasteiger partial charge in [-0.25, -0.2) is 0 Å². The molecule has 1 aromatic heterocycles. The molecule has 0 aromatic carbocycles. The minimum absolute atomic E-state index is 0.0613. The van der Waals surface area contributed by atoms with Gasteiger partial charge in [0.15, 0.2) is 5.75 Å². The minimum Gasteiger partial charge on any atom is -0.492 e. The van der Waals surface area contributed by atoms with Gasteiger partial charge in [-0.05, 0) is 25.0 Å². The molecule has 5 nitrogen and oxygen atoms in total. The Morgan fingerprint density at radius 2 is 2.19 bits per heavy atom. The molecular formula is C14H21N3O2S2. The van der Waals surface area contributed by atoms with Crippen LogP contribution in [0.4, 0.5) is 10.7 Å². The molecule has 21 heavy (non-hydrogen) atoms. The number of anilines is 2. The second kappa shape index (κ2) is 6.36. The number of ether oxygens (including phenoxy) is 1. The van der Waals surface area contributed by atoms with E-state index in [1.54, 1.807) is 7.11 Å². The lowest BCUT2D eigenvalue weighted by Gasteiger charge is -2.21. The second-order valence-corrected chi connectivity index (χ2v) is 7.61. The SMILES string of the molecule is COc1c(N2CCCSCC2)sc(C(=O)NC2CC2)c1N. The molecular weight excluding hydrogens is 306 g/mol. The van der Waals surface area contributed by atoms with Crippen molar-refractivity contribution in [1.29, 1.82) is 0 Å². The number of hydrogen-bond donors (Lipinski definition) is 2. The normalized spacial score (nSPS) is 19.2. The molecule has 1 aliphatic heterocycles. The smallest absolute Gasteiger partial charge is 0.263 e. The van der Waals surface area contributed by atoms with Crippen LogP contribution >= 0.6 is 23.1 Å². The number of amides is 1. The van der Waals surface area contributed by atoms with Crippen molar-refractivity contribution >= 4 is 39.7 Å². The van der Waals surface area contributed by atoms with Crippen molar-refractivity contribution in [3.05, 3.63) is 4.88 Å². The Bertz CT molecular complexity index is 521. The zero-order valence-corrected chi connectivity index (χ0v) is 13.8. The van der Waals surface area contributed by atoms with Gasteiger partial charge in [0.05, 0.1) is 7.11 Å². The number of nitrogens with zero attached hydrogens (tertiary/aromatic N) is 1. The quantitative estimate of drug-likeness (QED) is 0.887. The van der Waals surface area contributed by atoms with Crippen LogP contribution < -0.4 is 20.7 Å². The van der Waals surface area contributed by atoms with Crippen LogP contribution in [0.25, 0.3) is 0 Å². The lowest BCUT2D eigenvalue weighted by Crippen LogP contribution is -2.25. The number of methoxy groups -OCH3 is 1. The molecule has 1 saturated heterocycles. The third kappa shape index (κ3) is 3.23. The Hall–Kier alpha value is -1.08. The highest BCUT2D eigenvalue weighted by atomic mass is 32.2. The first-order valence-corrected chi connectivity index (χ1v) is 9.27. The first kappa shape index (κ1) is 14.8. The van der Waals surface area contributed by atoms with E-state index in [-0.39, 0.29) is 5.91 Å². The van der Waals surface area contributed by atoms with Gasteiger partial charge >= 0.3 is 0 Å². The van der Waals surface area contributed by atoms with Crippen molar-refractivity contribution in [2.24, 2.45) is 0 Å². The fourth-order valence-corrected chi connectivity index (χ4v) is 4.45. The Kier molecular flexibility index (Phi) is 4.49. The maximum absolute atomic E-state index is 12.3. The van der Waals surface area contributed by atoms with Crippen molar-refractivity contribution in [3.63, 3.8) is 0 Å². The molecule has 116 valence electrons. The molecule has 7 heteroatoms. The van der Waals surface area contributed by atoms with Crippen LogP contribution in [0.2, 0.25) is 0 Å². The molecule has 3 rings (SSSR count). The van der Waals surface area contributed by atoms with Gasteiger partial charge in [0.25, 0.3) is 5.91 Å². The standard InChI is InChI=1S/C14H21N3O2S2/c1-19-11-10(15)12(13(18)16-9-3-4-9)21-14(11)17-5-2-7-20-8-6-17/h9H,2-8,15H2,1H3,(H,16,18). The van der Waals surface area contributed by atoms with E-state index >= 15 is 0 Å². The molecule has 2 fully saturated rings. The van der Waals surface area contributed by atoms with Crippen LogP contribution in [0.5, 0.6) is 5.75 Å². The molecule has 0 radical (unpaired) electrons. The number of carbonyl (C=O) groups excluding carboxylic acids is 1. The number of nitrogens with one attached hydrogen (secondary N) is 1. The topological polar surface area (TPSA) is 67.6 Å². The summed E-state index contributed by atoms with van der Waals surface area (Å²) in [5.74, 6) is 2.89. The van der Waals surface area contributed by atoms with E-state index in [1.807, 2.05) is 11.8 Å². The van der Waals surface area contributed by atoms with Gasteiger partial charge < -0.3 is 20.7 Å². The lowest BCUT2D eigenvalue weighted by atomic mass is 10.3. The zero-order chi connectivity index (χ0) is 14.8. The number of nitrogens with two attached hydrogens (primary N) is 1. The fraction of sp³-hybridized carbons (Fsp3) is 0.643. The summed E-state index contributed by atoms with van der Waals surface area (Å²) in [6.07, 6.45) is 3.30. The predicted octanol–water partition coefficient (Wildman–Crippen LogP) is 2.17. The zero-order valence-electron chi connectivity index (χ0n) is 12.2. The number of thiophene rings is 1. The summed E-state index contributed by atoms with van der Waals surface area (Å²) in [7, 11) is 1.62. The van der Waals surface area contributed by atoms with E-state index < -0.39 is 0 Å². The van der Waals surface area contributed by atoms with E-state index in [4.69, 9.17) is 10.5 Å². The molecule has 2 aliphatic rings. The maximum Gasteiger partial charge on any atom is 0.263 e. The highest BCUT2D eigenvalue weighted by Gasteiger charge is 2.29. The van der Waals surface area contributed by atoms with Crippen molar-refractivity contribution < 1.29 is 9.53 Å². The summed E-state index contributed by atoms with van der Waals surface area (Å²) >= 11 is 3.43. The Morgan fingerprint density at radius 1 is 1.38 bits per heavy atom. The van der Waals surface area contributed by atoms with Crippen molar-refractivity contribution in [2.45, 2.75) is 25.3 Å². The Labute approximate surface area is 133 Å². The summed E-state index contributed by atoms with van der Waals surface area (Å²) < 4.78 is 5.48. The van der Waals surface area contributed by atoms with Crippen LogP contribution in [-0.4, -0.2) is 43.7 Å². The molecule has 0 unspecified atom stereocenters. The third-order valence-electron chi connectivity index (χ3n) is 3.71. The van der Waals surface area contributed by atoms with Crippen molar-refractivity contribution in [3.8, 4) is 5.75 Å². The van der Waals surface area contributed by atoms with Gasteiger partial charge in [0.1, 0.15) is 15.6 Å². The Balaban J connectivity index is 1.86. The first-order valence-electron chi connectivity index (χ1n) is 7.30. The fourth-order valence-electron chi connectivity index (χ4n) is 2.42. The maximum atomic E-state index is 12.3. The average Bonchev–Trinajstić information content (AvgIpc) is 3.25. The monoisotopic (exact) mass is 327 g/mol. The number of nitrogen functional groups attached to an aromatic ring is 1. The molecule has 1 amide bonds. The molecule has 1 aliphatic carbocycles. The summed E-state index contributed by atoms with van der Waals surface area (Å²) in [5.41, 5.74) is 6.63. The van der Waals surface area contributed by atoms with E-state index in [2.05, 4.69) is 10.2 Å². The summed E-state index contributed by atoms with van der Waals surface area (Å²) in [5, 5.41) is 4.00. The number of hydrogen-bond acceptors (Lipinski definition) is 6. The molecule has 3 N–H and O–H groups in total. The van der Waals surface area contributed by atoms with E-state index in [0.29, 0.717) is 22.4 Å². The van der Waals surface area contributed by atoms with Gasteiger partial charge in [0.2, 0.25) is 0 Å². The van der Waals surface area contributed by atoms with Crippen LogP contribution in [0.3, 0.4) is 0 Å². The van der Waals surface area contributed by atoms with E-state index in [9.17, 15) is 4.79 Å². The summed E-state index contributed by atoms with van der Waals surface area (Å²) in [6, 6.07) is 0.336. The first-order chi connectivity index (χ1) is 10.2. The third-order valence-corrected chi connectivity index (χ3v) is 6.01. The number of rotatable bonds is 4. The van der Waals surface area contributed by atoms with Crippen LogP contribution in [0.1, 0.15) is 28.9 Å². The van der Waals surface area contributed by atoms with Gasteiger partial charge in [-0.2, -0.15) is 11.8 Å². The van der Waals surface area contributed by atoms with Gasteiger partial charge in [-0.15, -0.1) is 11.3 Å². The minimum atomic E-state index is -0.0613. The molecule has 1 saturated carbocycles. The second-order valence-electron chi connectivity index (χ2n) is 5.38. The van der Waals surface area contributed by atoms with E-state index in [0.717, 1.165) is 43.1 Å². The van der Waals surface area contributed by atoms with Crippen LogP contribution in [0.15, 0.2) is 0 Å². The van der Waals surface area contributed by atoms with Crippen molar-refractivity contribution in [1.82, 2.24) is 5.32 Å². The summed E-state index contributed by atoms with van der Waals surface area (Å²) in [6.45, 7) is 1.97. The number of thioether (sulfide) groups is 1. The highest BCUT2D eigenvalue weighted by Crippen LogP contribution is 2.45. The van der Waals surface area contributed by atoms with Crippen LogP contribution in [0, 0.1) is 0 Å². The average molecular weight is 327 g/mol. The molecule has 1 aromatic rings.